The molecule has 0 aliphatic rings. The van der Waals surface area contributed by atoms with E-state index >= 15 is 0 Å². The molecule has 152 valence electrons. The largest absolute Gasteiger partial charge is 0.319 e. The Bertz CT molecular complexity index is 968. The fourth-order valence-electron chi connectivity index (χ4n) is 2.55. The summed E-state index contributed by atoms with van der Waals surface area (Å²) < 4.78 is 55.5. The lowest BCUT2D eigenvalue weighted by Gasteiger charge is -2.20. The number of carbonyl (C=O) groups is 1. The molecule has 0 aromatic heterocycles. The summed E-state index contributed by atoms with van der Waals surface area (Å²) in [5.74, 6) is -2.54. The highest BCUT2D eigenvalue weighted by atomic mass is 79.9. The number of sulfonamides is 1. The highest BCUT2D eigenvalue weighted by molar-refractivity contribution is 9.10. The van der Waals surface area contributed by atoms with Gasteiger partial charge in [-0.15, -0.1) is 0 Å². The van der Waals surface area contributed by atoms with Gasteiger partial charge < -0.3 is 5.32 Å². The van der Waals surface area contributed by atoms with Crippen molar-refractivity contribution in [3.05, 3.63) is 58.1 Å². The maximum Gasteiger partial charge on any atom is 0.258 e. The first-order valence-corrected chi connectivity index (χ1v) is 11.0. The lowest BCUT2D eigenvalue weighted by atomic mass is 10.2. The smallest absolute Gasteiger partial charge is 0.258 e. The van der Waals surface area contributed by atoms with Crippen molar-refractivity contribution in [2.45, 2.75) is 31.6 Å². The molecule has 0 radical (unpaired) electrons. The van der Waals surface area contributed by atoms with Gasteiger partial charge in [-0.3, -0.25) is 4.79 Å². The van der Waals surface area contributed by atoms with Crippen LogP contribution in [0.3, 0.4) is 0 Å². The Balaban J connectivity index is 2.35. The second-order valence-corrected chi connectivity index (χ2v) is 8.92. The summed E-state index contributed by atoms with van der Waals surface area (Å²) in [4.78, 5) is 12.2. The molecule has 2 aromatic carbocycles. The molecule has 0 atom stereocenters. The maximum absolute atomic E-state index is 14.2. The van der Waals surface area contributed by atoms with Crippen molar-refractivity contribution in [1.29, 1.82) is 0 Å². The second kappa shape index (κ2) is 9.58. The van der Waals surface area contributed by atoms with Crippen LogP contribution < -0.4 is 5.32 Å². The van der Waals surface area contributed by atoms with E-state index in [0.717, 1.165) is 30.7 Å². The summed E-state index contributed by atoms with van der Waals surface area (Å²) in [5, 5.41) is 2.27. The second-order valence-electron chi connectivity index (χ2n) is 6.07. The molecule has 9 heteroatoms. The van der Waals surface area contributed by atoms with E-state index < -0.39 is 33.1 Å². The van der Waals surface area contributed by atoms with Crippen LogP contribution >= 0.6 is 15.9 Å². The van der Waals surface area contributed by atoms with Crippen LogP contribution in [0.4, 0.5) is 14.5 Å². The summed E-state index contributed by atoms with van der Waals surface area (Å²) in [5.41, 5.74) is -0.617. The van der Waals surface area contributed by atoms with Crippen molar-refractivity contribution in [3.63, 3.8) is 0 Å². The molecular formula is C19H21BrF2N2O3S. The van der Waals surface area contributed by atoms with Crippen LogP contribution in [0.2, 0.25) is 0 Å². The molecule has 5 nitrogen and oxygen atoms in total. The minimum absolute atomic E-state index is 0.140. The average Bonchev–Trinajstić information content (AvgIpc) is 2.64. The number of rotatable bonds is 8. The molecule has 0 heterocycles. The lowest BCUT2D eigenvalue weighted by molar-refractivity contribution is 0.102. The van der Waals surface area contributed by atoms with Crippen molar-refractivity contribution in [3.8, 4) is 0 Å². The van der Waals surface area contributed by atoms with Gasteiger partial charge >= 0.3 is 0 Å². The molecule has 2 rings (SSSR count). The van der Waals surface area contributed by atoms with Gasteiger partial charge in [-0.2, -0.15) is 4.31 Å². The number of amides is 1. The predicted octanol–water partition coefficient (Wildman–Crippen LogP) is 4.79. The van der Waals surface area contributed by atoms with Crippen molar-refractivity contribution >= 4 is 37.5 Å². The molecule has 0 fully saturated rings. The van der Waals surface area contributed by atoms with Crippen LogP contribution in [0.5, 0.6) is 0 Å². The molecule has 0 aliphatic carbocycles. The quantitative estimate of drug-likeness (QED) is 0.597. The zero-order chi connectivity index (χ0) is 20.9. The Hall–Kier alpha value is -1.84. The van der Waals surface area contributed by atoms with Crippen LogP contribution in [-0.2, 0) is 10.0 Å². The van der Waals surface area contributed by atoms with Gasteiger partial charge in [0, 0.05) is 17.6 Å². The normalized spacial score (nSPS) is 11.6. The molecule has 2 aromatic rings. The fourth-order valence-corrected chi connectivity index (χ4v) is 4.40. The third kappa shape index (κ3) is 5.15. The maximum atomic E-state index is 14.2. The Labute approximate surface area is 171 Å². The Morgan fingerprint density at radius 3 is 2.43 bits per heavy atom. The van der Waals surface area contributed by atoms with Crippen molar-refractivity contribution in [1.82, 2.24) is 4.31 Å². The van der Waals surface area contributed by atoms with Gasteiger partial charge in [0.05, 0.1) is 16.1 Å². The molecule has 1 amide bonds. The van der Waals surface area contributed by atoms with Crippen LogP contribution in [0.15, 0.2) is 45.8 Å². The van der Waals surface area contributed by atoms with Gasteiger partial charge in [0.25, 0.3) is 5.91 Å². The van der Waals surface area contributed by atoms with E-state index in [1.807, 2.05) is 6.92 Å². The third-order valence-corrected chi connectivity index (χ3v) is 6.58. The molecule has 0 saturated heterocycles. The third-order valence-electron chi connectivity index (χ3n) is 4.11. The number of anilines is 1. The van der Waals surface area contributed by atoms with E-state index in [4.69, 9.17) is 0 Å². The fraction of sp³-hybridized carbons (Fsp3) is 0.316. The highest BCUT2D eigenvalue weighted by Crippen LogP contribution is 2.23. The lowest BCUT2D eigenvalue weighted by Crippen LogP contribution is -2.32. The molecule has 0 aliphatic heterocycles. The first-order chi connectivity index (χ1) is 13.2. The Kier molecular flexibility index (Phi) is 7.68. The van der Waals surface area contributed by atoms with Gasteiger partial charge in [0.2, 0.25) is 10.0 Å². The van der Waals surface area contributed by atoms with E-state index in [1.54, 1.807) is 6.92 Å². The van der Waals surface area contributed by atoms with Crippen molar-refractivity contribution in [2.75, 3.05) is 18.4 Å². The highest BCUT2D eigenvalue weighted by Gasteiger charge is 2.25. The van der Waals surface area contributed by atoms with E-state index in [-0.39, 0.29) is 17.1 Å². The number of unbranched alkanes of at least 4 members (excludes halogenated alkanes) is 1. The Morgan fingerprint density at radius 2 is 1.82 bits per heavy atom. The zero-order valence-electron chi connectivity index (χ0n) is 15.5. The standard InChI is InChI=1S/C19H21BrF2N2O3S/c1-3-5-10-24(4-2)28(26,27)14-7-8-16(21)15(12-14)19(25)23-18-9-6-13(20)11-17(18)22/h6-9,11-12H,3-5,10H2,1-2H3,(H,23,25). The molecule has 28 heavy (non-hydrogen) atoms. The van der Waals surface area contributed by atoms with Crippen molar-refractivity contribution in [2.24, 2.45) is 0 Å². The van der Waals surface area contributed by atoms with Gasteiger partial charge in [0.15, 0.2) is 0 Å². The first kappa shape index (κ1) is 22.4. The summed E-state index contributed by atoms with van der Waals surface area (Å²) in [6.07, 6.45) is 1.51. The number of hydrogen-bond donors (Lipinski definition) is 1. The number of benzene rings is 2. The molecule has 0 spiro atoms. The SMILES string of the molecule is CCCCN(CC)S(=O)(=O)c1ccc(F)c(C(=O)Nc2ccc(Br)cc2F)c1. The van der Waals surface area contributed by atoms with E-state index in [1.165, 1.54) is 16.4 Å². The minimum Gasteiger partial charge on any atom is -0.319 e. The summed E-state index contributed by atoms with van der Waals surface area (Å²) in [6.45, 7) is 4.24. The van der Waals surface area contributed by atoms with Gasteiger partial charge in [-0.05, 0) is 42.8 Å². The number of carbonyl (C=O) groups excluding carboxylic acids is 1. The van der Waals surface area contributed by atoms with E-state index in [0.29, 0.717) is 17.4 Å². The van der Waals surface area contributed by atoms with Gasteiger partial charge in [-0.25, -0.2) is 17.2 Å². The predicted molar refractivity (Wildman–Crippen MR) is 108 cm³/mol. The molecule has 0 unspecified atom stereocenters. The number of nitrogens with zero attached hydrogens (tertiary/aromatic N) is 1. The summed E-state index contributed by atoms with van der Waals surface area (Å²) in [6, 6.07) is 7.01. The zero-order valence-corrected chi connectivity index (χ0v) is 17.9. The van der Waals surface area contributed by atoms with Gasteiger partial charge in [-0.1, -0.05) is 36.2 Å². The monoisotopic (exact) mass is 474 g/mol. The van der Waals surface area contributed by atoms with Crippen LogP contribution in [0, 0.1) is 11.6 Å². The van der Waals surface area contributed by atoms with Gasteiger partial charge in [0.1, 0.15) is 11.6 Å². The van der Waals surface area contributed by atoms with E-state index in [9.17, 15) is 22.0 Å². The number of hydrogen-bond acceptors (Lipinski definition) is 3. The molecular weight excluding hydrogens is 454 g/mol. The van der Waals surface area contributed by atoms with E-state index in [2.05, 4.69) is 21.2 Å². The number of halogens is 3. The first-order valence-electron chi connectivity index (χ1n) is 8.76. The van der Waals surface area contributed by atoms with Crippen LogP contribution in [0.25, 0.3) is 0 Å². The van der Waals surface area contributed by atoms with Crippen LogP contribution in [0.1, 0.15) is 37.0 Å². The summed E-state index contributed by atoms with van der Waals surface area (Å²) >= 11 is 3.10. The van der Waals surface area contributed by atoms with Crippen molar-refractivity contribution < 1.29 is 22.0 Å². The summed E-state index contributed by atoms with van der Waals surface area (Å²) in [7, 11) is -3.88. The number of nitrogens with one attached hydrogen (secondary N) is 1. The average molecular weight is 475 g/mol. The topological polar surface area (TPSA) is 66.5 Å². The van der Waals surface area contributed by atoms with Crippen LogP contribution in [-0.4, -0.2) is 31.7 Å². The molecule has 0 bridgehead atoms. The molecule has 1 N–H and O–H groups in total. The minimum atomic E-state index is -3.88. The Morgan fingerprint density at radius 1 is 1.11 bits per heavy atom. The molecule has 0 saturated carbocycles.